The smallest absolute Gasteiger partial charge is 0.277 e. The molecule has 5 heteroatoms. The van der Waals surface area contributed by atoms with E-state index >= 15 is 0 Å². The number of nitrogens with one attached hydrogen (secondary N) is 1. The van der Waals surface area contributed by atoms with Gasteiger partial charge in [0.05, 0.1) is 0 Å². The molecule has 0 fully saturated rings. The average molecular weight is 263 g/mol. The molecule has 1 aromatic carbocycles. The van der Waals surface area contributed by atoms with Crippen LogP contribution in [-0.2, 0) is 16.7 Å². The predicted molar refractivity (Wildman–Crippen MR) is 70.4 cm³/mol. The van der Waals surface area contributed by atoms with Crippen molar-refractivity contribution in [2.75, 3.05) is 0 Å². The van der Waals surface area contributed by atoms with E-state index < -0.39 is 15.4 Å². The normalized spacial score (nSPS) is 18.7. The van der Waals surface area contributed by atoms with Gasteiger partial charge in [0.2, 0.25) is 0 Å². The highest BCUT2D eigenvalue weighted by Gasteiger charge is 2.19. The molecule has 1 aromatic rings. The lowest BCUT2D eigenvalue weighted by Gasteiger charge is -2.21. The first kappa shape index (κ1) is 12.8. The maximum Gasteiger partial charge on any atom is 0.277 e. The first-order valence-electron chi connectivity index (χ1n) is 5.52. The Bertz CT molecular complexity index is 649. The van der Waals surface area contributed by atoms with Crippen LogP contribution in [0.3, 0.4) is 0 Å². The lowest BCUT2D eigenvalue weighted by molar-refractivity contribution is -0.680. The topological polar surface area (TPSA) is 61.6 Å². The Morgan fingerprint density at radius 3 is 2.67 bits per heavy atom. The molecule has 1 heterocycles. The zero-order chi connectivity index (χ0) is 13.1. The van der Waals surface area contributed by atoms with E-state index in [0.29, 0.717) is 12.0 Å². The van der Waals surface area contributed by atoms with Crippen molar-refractivity contribution in [2.45, 2.75) is 13.3 Å². The third-order valence-corrected chi connectivity index (χ3v) is 3.67. The molecule has 1 aliphatic rings. The Morgan fingerprint density at radius 1 is 1.28 bits per heavy atom. The van der Waals surface area contributed by atoms with Gasteiger partial charge in [0.25, 0.3) is 15.3 Å². The largest absolute Gasteiger partial charge is 0.623 e. The summed E-state index contributed by atoms with van der Waals surface area (Å²) < 4.78 is 22.2. The molecule has 0 radical (unpaired) electrons. The predicted octanol–water partition coefficient (Wildman–Crippen LogP) is 0.383. The molecule has 4 nitrogen and oxygen atoms in total. The first-order valence-corrected chi connectivity index (χ1v) is 6.59. The highest BCUT2D eigenvalue weighted by molar-refractivity contribution is 7.72. The minimum Gasteiger partial charge on any atom is -0.623 e. The minimum atomic E-state index is -2.49. The molecule has 2 rings (SSSR count). The molecule has 0 saturated carbocycles. The van der Waals surface area contributed by atoms with Gasteiger partial charge in [0.15, 0.2) is 0 Å². The molecule has 0 spiro atoms. The van der Waals surface area contributed by atoms with E-state index in [1.807, 2.05) is 31.2 Å². The summed E-state index contributed by atoms with van der Waals surface area (Å²) in [5.41, 5.74) is 2.65. The third-order valence-electron chi connectivity index (χ3n) is 2.87. The second kappa shape index (κ2) is 5.30. The molecule has 0 aromatic heterocycles. The molecule has 1 N–H and O–H groups in total. The number of hydrogen-bond donors (Lipinski definition) is 1. The van der Waals surface area contributed by atoms with E-state index in [1.54, 1.807) is 12.2 Å². The zero-order valence-electron chi connectivity index (χ0n) is 9.88. The maximum absolute atomic E-state index is 11.6. The van der Waals surface area contributed by atoms with Crippen LogP contribution < -0.4 is 5.06 Å². The Hall–Kier alpha value is -1.69. The van der Waals surface area contributed by atoms with Crippen LogP contribution in [-0.4, -0.2) is 13.4 Å². The quantitative estimate of drug-likeness (QED) is 0.620. The molecule has 0 amide bonds. The van der Waals surface area contributed by atoms with E-state index in [-0.39, 0.29) is 4.99 Å². The third kappa shape index (κ3) is 2.59. The summed E-state index contributed by atoms with van der Waals surface area (Å²) in [6, 6.07) is 7.72. The fraction of sp³-hybridized carbons (Fsp3) is 0.154. The first-order chi connectivity index (χ1) is 8.59. The van der Waals surface area contributed by atoms with E-state index in [0.717, 1.165) is 11.1 Å². The van der Waals surface area contributed by atoms with Crippen LogP contribution in [0.1, 0.15) is 11.1 Å². The van der Waals surface area contributed by atoms with Crippen molar-refractivity contribution < 1.29 is 13.5 Å². The Morgan fingerprint density at radius 2 is 2.00 bits per heavy atom. The van der Waals surface area contributed by atoms with Gasteiger partial charge in [-0.2, -0.15) is 8.42 Å². The van der Waals surface area contributed by atoms with Crippen LogP contribution >= 0.6 is 0 Å². The molecule has 0 aliphatic carbocycles. The Balaban J connectivity index is 2.40. The lowest BCUT2D eigenvalue weighted by Crippen LogP contribution is -3.06. The number of benzene rings is 1. The SMILES string of the molecule is Cc1ccccc1CC1=CC=C[NH+]([O-])C1=S(=O)=O. The highest BCUT2D eigenvalue weighted by atomic mass is 32.2. The van der Waals surface area contributed by atoms with Gasteiger partial charge in [-0.1, -0.05) is 24.3 Å². The summed E-state index contributed by atoms with van der Waals surface area (Å²) in [4.78, 5) is -0.124. The summed E-state index contributed by atoms with van der Waals surface area (Å²) in [5, 5.41) is 11.1. The van der Waals surface area contributed by atoms with Crippen molar-refractivity contribution in [1.29, 1.82) is 0 Å². The number of aryl methyl sites for hydroxylation is 1. The van der Waals surface area contributed by atoms with E-state index in [4.69, 9.17) is 0 Å². The van der Waals surface area contributed by atoms with Gasteiger partial charge >= 0.3 is 0 Å². The molecular weight excluding hydrogens is 250 g/mol. The minimum absolute atomic E-state index is 0.124. The van der Waals surface area contributed by atoms with Gasteiger partial charge in [0, 0.05) is 12.0 Å². The zero-order valence-corrected chi connectivity index (χ0v) is 10.7. The molecule has 1 unspecified atom stereocenters. The van der Waals surface area contributed by atoms with Gasteiger partial charge < -0.3 is 10.3 Å². The van der Waals surface area contributed by atoms with E-state index in [9.17, 15) is 13.6 Å². The van der Waals surface area contributed by atoms with Gasteiger partial charge in [-0.25, -0.2) is 0 Å². The van der Waals surface area contributed by atoms with E-state index in [2.05, 4.69) is 0 Å². The summed E-state index contributed by atoms with van der Waals surface area (Å²) in [6.45, 7) is 1.96. The van der Waals surface area contributed by atoms with Crippen molar-refractivity contribution in [3.05, 3.63) is 64.5 Å². The molecular formula is C13H13NO3S. The van der Waals surface area contributed by atoms with Gasteiger partial charge in [-0.15, -0.1) is 0 Å². The molecule has 18 heavy (non-hydrogen) atoms. The average Bonchev–Trinajstić information content (AvgIpc) is 2.31. The van der Waals surface area contributed by atoms with Crippen LogP contribution in [0.2, 0.25) is 0 Å². The van der Waals surface area contributed by atoms with Crippen molar-refractivity contribution in [3.63, 3.8) is 0 Å². The molecule has 0 saturated heterocycles. The van der Waals surface area contributed by atoms with Gasteiger partial charge in [-0.05, 0) is 30.2 Å². The van der Waals surface area contributed by atoms with Crippen LogP contribution in [0.4, 0.5) is 0 Å². The summed E-state index contributed by atoms with van der Waals surface area (Å²) in [5.74, 6) is 0. The van der Waals surface area contributed by atoms with Crippen LogP contribution in [0.25, 0.3) is 0 Å². The summed E-state index contributed by atoms with van der Waals surface area (Å²) >= 11 is 0. The number of hydroxylamine groups is 2. The van der Waals surface area contributed by atoms with Crippen LogP contribution in [0, 0.1) is 12.1 Å². The van der Waals surface area contributed by atoms with Gasteiger partial charge in [-0.3, -0.25) is 0 Å². The Kier molecular flexibility index (Phi) is 3.76. The maximum atomic E-state index is 11.6. The van der Waals surface area contributed by atoms with Crippen LogP contribution in [0.5, 0.6) is 0 Å². The molecule has 1 aliphatic heterocycles. The summed E-state index contributed by atoms with van der Waals surface area (Å²) in [7, 11) is -2.49. The second-order valence-corrected chi connectivity index (χ2v) is 4.96. The number of rotatable bonds is 2. The van der Waals surface area contributed by atoms with Crippen molar-refractivity contribution in [1.82, 2.24) is 0 Å². The summed E-state index contributed by atoms with van der Waals surface area (Å²) in [6.07, 6.45) is 4.99. The fourth-order valence-corrected chi connectivity index (χ4v) is 2.49. The fourth-order valence-electron chi connectivity index (χ4n) is 1.90. The van der Waals surface area contributed by atoms with E-state index in [1.165, 1.54) is 6.20 Å². The van der Waals surface area contributed by atoms with Crippen molar-refractivity contribution >= 4 is 15.3 Å². The molecule has 94 valence electrons. The standard InChI is InChI=1S/C13H13NO3S/c1-10-5-2-3-6-11(10)9-12-7-4-8-14(15)13(12)18(16)17/h2-8,14H,9H2,1H3. The molecule has 1 atom stereocenters. The van der Waals surface area contributed by atoms with Crippen molar-refractivity contribution in [2.24, 2.45) is 0 Å². The van der Waals surface area contributed by atoms with Gasteiger partial charge in [0.1, 0.15) is 6.20 Å². The number of quaternary nitrogens is 1. The molecule has 0 bridgehead atoms. The second-order valence-electron chi connectivity index (χ2n) is 4.08. The highest BCUT2D eigenvalue weighted by Crippen LogP contribution is 2.13. The monoisotopic (exact) mass is 263 g/mol. The Labute approximate surface area is 107 Å². The number of hydrogen-bond acceptors (Lipinski definition) is 3. The lowest BCUT2D eigenvalue weighted by atomic mass is 9.99. The number of allylic oxidation sites excluding steroid dienone is 2. The van der Waals surface area contributed by atoms with Crippen molar-refractivity contribution in [3.8, 4) is 0 Å². The van der Waals surface area contributed by atoms with Crippen LogP contribution in [0.15, 0.2) is 48.2 Å².